The molecule has 2 aromatic heterocycles. The number of nitrogens with one attached hydrogen (secondary N) is 1. The topological polar surface area (TPSA) is 37.8 Å². The lowest BCUT2D eigenvalue weighted by molar-refractivity contribution is 0.547. The van der Waals surface area contributed by atoms with E-state index in [1.54, 1.807) is 6.33 Å². The first kappa shape index (κ1) is 11.2. The van der Waals surface area contributed by atoms with Crippen LogP contribution in [0.1, 0.15) is 22.9 Å². The van der Waals surface area contributed by atoms with Crippen molar-refractivity contribution in [2.45, 2.75) is 18.9 Å². The first-order valence-corrected chi connectivity index (χ1v) is 6.22. The maximum Gasteiger partial charge on any atom is 0.115 e. The molecule has 2 heterocycles. The molecule has 2 rings (SSSR count). The van der Waals surface area contributed by atoms with E-state index in [1.165, 1.54) is 4.88 Å². The Balaban J connectivity index is 1.96. The molecule has 0 saturated carbocycles. The number of aryl methyl sites for hydroxylation is 1. The lowest BCUT2D eigenvalue weighted by Gasteiger charge is -2.14. The van der Waals surface area contributed by atoms with E-state index in [4.69, 9.17) is 0 Å². The quantitative estimate of drug-likeness (QED) is 0.862. The van der Waals surface area contributed by atoms with Crippen LogP contribution in [0.3, 0.4) is 0 Å². The van der Waals surface area contributed by atoms with E-state index in [0.29, 0.717) is 6.04 Å². The van der Waals surface area contributed by atoms with Crippen molar-refractivity contribution in [3.63, 3.8) is 0 Å². The number of hydrogen-bond acceptors (Lipinski definition) is 4. The Labute approximate surface area is 99.6 Å². The molecule has 0 bridgehead atoms. The first-order chi connectivity index (χ1) is 7.90. The number of nitrogens with zero attached hydrogens (tertiary/aromatic N) is 2. The molecule has 1 unspecified atom stereocenters. The van der Waals surface area contributed by atoms with Crippen LogP contribution in [0.25, 0.3) is 0 Å². The summed E-state index contributed by atoms with van der Waals surface area (Å²) in [5.74, 6) is 0. The number of aromatic nitrogens is 2. The lowest BCUT2D eigenvalue weighted by Crippen LogP contribution is -2.17. The number of hydrogen-bond donors (Lipinski definition) is 1. The van der Waals surface area contributed by atoms with Gasteiger partial charge in [0.15, 0.2) is 0 Å². The van der Waals surface area contributed by atoms with E-state index in [1.807, 2.05) is 30.8 Å². The lowest BCUT2D eigenvalue weighted by atomic mass is 10.1. The average Bonchev–Trinajstić information content (AvgIpc) is 2.84. The maximum atomic E-state index is 4.05. The minimum Gasteiger partial charge on any atom is -0.313 e. The number of thiophene rings is 1. The zero-order valence-corrected chi connectivity index (χ0v) is 10.1. The third-order valence-electron chi connectivity index (χ3n) is 2.59. The third-order valence-corrected chi connectivity index (χ3v) is 3.53. The van der Waals surface area contributed by atoms with Crippen LogP contribution in [0.2, 0.25) is 0 Å². The van der Waals surface area contributed by atoms with E-state index < -0.39 is 0 Å². The Bertz CT molecular complexity index is 399. The molecule has 0 saturated heterocycles. The zero-order chi connectivity index (χ0) is 11.2. The highest BCUT2D eigenvalue weighted by Gasteiger charge is 2.09. The normalized spacial score (nSPS) is 12.6. The molecule has 0 radical (unpaired) electrons. The van der Waals surface area contributed by atoms with Gasteiger partial charge in [0.2, 0.25) is 0 Å². The predicted molar refractivity (Wildman–Crippen MR) is 66.5 cm³/mol. The molecule has 0 aromatic carbocycles. The molecular weight excluding hydrogens is 218 g/mol. The van der Waals surface area contributed by atoms with Crippen LogP contribution in [0.15, 0.2) is 36.2 Å². The van der Waals surface area contributed by atoms with Gasteiger partial charge in [-0.15, -0.1) is 11.3 Å². The summed E-state index contributed by atoms with van der Waals surface area (Å²) in [6, 6.07) is 4.61. The molecule has 84 valence electrons. The molecule has 1 N–H and O–H groups in total. The Morgan fingerprint density at radius 2 is 2.19 bits per heavy atom. The summed E-state index contributed by atoms with van der Waals surface area (Å²) in [7, 11) is 1.98. The van der Waals surface area contributed by atoms with Gasteiger partial charge >= 0.3 is 0 Å². The van der Waals surface area contributed by atoms with Crippen molar-refractivity contribution in [2.24, 2.45) is 0 Å². The van der Waals surface area contributed by atoms with Gasteiger partial charge in [-0.05, 0) is 31.3 Å². The molecule has 4 heteroatoms. The van der Waals surface area contributed by atoms with Gasteiger partial charge in [0.05, 0.1) is 0 Å². The average molecular weight is 233 g/mol. The first-order valence-electron chi connectivity index (χ1n) is 5.34. The SMILES string of the molecule is CNC(CCc1cccs1)c1cncnc1. The second kappa shape index (κ2) is 5.72. The van der Waals surface area contributed by atoms with Crippen LogP contribution in [0.5, 0.6) is 0 Å². The van der Waals surface area contributed by atoms with E-state index in [2.05, 4.69) is 32.8 Å². The van der Waals surface area contributed by atoms with Gasteiger partial charge in [-0.3, -0.25) is 0 Å². The summed E-state index contributed by atoms with van der Waals surface area (Å²) < 4.78 is 0. The monoisotopic (exact) mass is 233 g/mol. The molecule has 0 fully saturated rings. The van der Waals surface area contributed by atoms with Gasteiger partial charge in [-0.2, -0.15) is 0 Å². The fourth-order valence-electron chi connectivity index (χ4n) is 1.71. The molecule has 0 aliphatic rings. The van der Waals surface area contributed by atoms with E-state index in [9.17, 15) is 0 Å². The molecule has 1 atom stereocenters. The van der Waals surface area contributed by atoms with E-state index in [0.717, 1.165) is 18.4 Å². The van der Waals surface area contributed by atoms with Crippen LogP contribution in [0, 0.1) is 0 Å². The Kier molecular flexibility index (Phi) is 4.02. The van der Waals surface area contributed by atoms with Crippen molar-refractivity contribution in [3.05, 3.63) is 46.7 Å². The highest BCUT2D eigenvalue weighted by atomic mass is 32.1. The van der Waals surface area contributed by atoms with Gasteiger partial charge in [0, 0.05) is 28.9 Å². The summed E-state index contributed by atoms with van der Waals surface area (Å²) in [5, 5.41) is 5.43. The van der Waals surface area contributed by atoms with Gasteiger partial charge in [-0.25, -0.2) is 9.97 Å². The van der Waals surface area contributed by atoms with Crippen molar-refractivity contribution < 1.29 is 0 Å². The molecule has 16 heavy (non-hydrogen) atoms. The van der Waals surface area contributed by atoms with Crippen LogP contribution in [0.4, 0.5) is 0 Å². The molecule has 0 aliphatic heterocycles. The highest BCUT2D eigenvalue weighted by molar-refractivity contribution is 7.09. The molecule has 2 aromatic rings. The van der Waals surface area contributed by atoms with Gasteiger partial charge in [0.25, 0.3) is 0 Å². The molecule has 0 aliphatic carbocycles. The second-order valence-corrected chi connectivity index (χ2v) is 4.66. The van der Waals surface area contributed by atoms with Crippen molar-refractivity contribution in [3.8, 4) is 0 Å². The highest BCUT2D eigenvalue weighted by Crippen LogP contribution is 2.19. The zero-order valence-electron chi connectivity index (χ0n) is 9.26. The van der Waals surface area contributed by atoms with Crippen LogP contribution < -0.4 is 5.32 Å². The minimum absolute atomic E-state index is 0.336. The van der Waals surface area contributed by atoms with Crippen LogP contribution in [-0.4, -0.2) is 17.0 Å². The van der Waals surface area contributed by atoms with Crippen LogP contribution in [-0.2, 0) is 6.42 Å². The second-order valence-electron chi connectivity index (χ2n) is 3.63. The largest absolute Gasteiger partial charge is 0.313 e. The fraction of sp³-hybridized carbons (Fsp3) is 0.333. The van der Waals surface area contributed by atoms with Crippen molar-refractivity contribution in [2.75, 3.05) is 7.05 Å². The minimum atomic E-state index is 0.336. The van der Waals surface area contributed by atoms with Crippen molar-refractivity contribution in [1.82, 2.24) is 15.3 Å². The van der Waals surface area contributed by atoms with E-state index in [-0.39, 0.29) is 0 Å². The Hall–Kier alpha value is -1.26. The van der Waals surface area contributed by atoms with E-state index >= 15 is 0 Å². The molecule has 3 nitrogen and oxygen atoms in total. The summed E-state index contributed by atoms with van der Waals surface area (Å²) in [6.07, 6.45) is 7.49. The molecule has 0 amide bonds. The van der Waals surface area contributed by atoms with Crippen molar-refractivity contribution in [1.29, 1.82) is 0 Å². The fourth-order valence-corrected chi connectivity index (χ4v) is 2.43. The number of rotatable bonds is 5. The smallest absolute Gasteiger partial charge is 0.115 e. The summed E-state index contributed by atoms with van der Waals surface area (Å²) in [5.41, 5.74) is 1.15. The van der Waals surface area contributed by atoms with Crippen LogP contribution >= 0.6 is 11.3 Å². The summed E-state index contributed by atoms with van der Waals surface area (Å²) in [6.45, 7) is 0. The van der Waals surface area contributed by atoms with Gasteiger partial charge in [-0.1, -0.05) is 6.07 Å². The molecular formula is C12H15N3S. The van der Waals surface area contributed by atoms with Gasteiger partial charge < -0.3 is 5.32 Å². The molecule has 0 spiro atoms. The standard InChI is InChI=1S/C12H15N3S/c1-13-12(10-7-14-9-15-8-10)5-4-11-3-2-6-16-11/h2-3,6-9,12-13H,4-5H2,1H3. The third kappa shape index (κ3) is 2.87. The predicted octanol–water partition coefficient (Wildman–Crippen LogP) is 2.43. The Morgan fingerprint density at radius 1 is 1.38 bits per heavy atom. The van der Waals surface area contributed by atoms with Gasteiger partial charge in [0.1, 0.15) is 6.33 Å². The Morgan fingerprint density at radius 3 is 2.81 bits per heavy atom. The summed E-state index contributed by atoms with van der Waals surface area (Å²) in [4.78, 5) is 9.53. The van der Waals surface area contributed by atoms with Crippen molar-refractivity contribution >= 4 is 11.3 Å². The summed E-state index contributed by atoms with van der Waals surface area (Å²) >= 11 is 1.81. The maximum absolute atomic E-state index is 4.05.